The molecule has 1 saturated carbocycles. The second-order valence-corrected chi connectivity index (χ2v) is 11.2. The van der Waals surface area contributed by atoms with Crippen LogP contribution < -0.4 is 10.2 Å². The van der Waals surface area contributed by atoms with Crippen molar-refractivity contribution < 1.29 is 19.1 Å². The summed E-state index contributed by atoms with van der Waals surface area (Å²) in [5.41, 5.74) is 3.41. The van der Waals surface area contributed by atoms with Crippen molar-refractivity contribution in [1.82, 2.24) is 9.88 Å². The van der Waals surface area contributed by atoms with E-state index in [9.17, 15) is 14.4 Å². The molecular formula is C30H39N3O4S. The molecular weight excluding hydrogens is 498 g/mol. The Morgan fingerprint density at radius 3 is 2.58 bits per heavy atom. The number of thiophene rings is 1. The molecule has 38 heavy (non-hydrogen) atoms. The SMILES string of the molecule is CCCCCCN(C(=O)Cn1c(C(=O)NC2CCC(C(=O)OC)CC2)cc2sccc21)c1cccc(C)c1. The number of esters is 1. The number of unbranched alkanes of at least 4 members (excludes halogenated alkanes) is 3. The van der Waals surface area contributed by atoms with E-state index < -0.39 is 0 Å². The molecule has 8 heteroatoms. The van der Waals surface area contributed by atoms with Crippen LogP contribution in [0, 0.1) is 12.8 Å². The number of carbonyl (C=O) groups excluding carboxylic acids is 3. The minimum Gasteiger partial charge on any atom is -0.469 e. The number of benzene rings is 1. The number of anilines is 1. The lowest BCUT2D eigenvalue weighted by atomic mass is 9.86. The fraction of sp³-hybridized carbons (Fsp3) is 0.500. The third-order valence-electron chi connectivity index (χ3n) is 7.50. The van der Waals surface area contributed by atoms with E-state index in [1.54, 1.807) is 11.3 Å². The number of fused-ring (bicyclic) bond motifs is 1. The van der Waals surface area contributed by atoms with Gasteiger partial charge >= 0.3 is 5.97 Å². The number of rotatable bonds is 11. The lowest BCUT2D eigenvalue weighted by Crippen LogP contribution is -2.40. The molecule has 1 N–H and O–H groups in total. The van der Waals surface area contributed by atoms with E-state index in [1.165, 1.54) is 7.11 Å². The number of nitrogens with zero attached hydrogens (tertiary/aromatic N) is 2. The zero-order valence-electron chi connectivity index (χ0n) is 22.7. The van der Waals surface area contributed by atoms with E-state index in [0.717, 1.165) is 60.0 Å². The first kappa shape index (κ1) is 27.9. The Morgan fingerprint density at radius 1 is 1.08 bits per heavy atom. The molecule has 1 fully saturated rings. The summed E-state index contributed by atoms with van der Waals surface area (Å²) < 4.78 is 7.73. The van der Waals surface area contributed by atoms with Crippen LogP contribution in [0.5, 0.6) is 0 Å². The topological polar surface area (TPSA) is 80.6 Å². The Labute approximate surface area is 229 Å². The van der Waals surface area contributed by atoms with Gasteiger partial charge in [0, 0.05) is 18.3 Å². The largest absolute Gasteiger partial charge is 0.469 e. The van der Waals surface area contributed by atoms with Crippen molar-refractivity contribution in [2.75, 3.05) is 18.6 Å². The van der Waals surface area contributed by atoms with Gasteiger partial charge in [-0.1, -0.05) is 38.3 Å². The standard InChI is InChI=1S/C30H39N3O4S/c1-4-5-6-7-16-32(24-10-8-9-21(2)18-24)28(34)20-33-25-15-17-38-27(25)19-26(33)29(35)31-23-13-11-22(12-14-23)30(36)37-3/h8-10,15,17-19,22-23H,4-7,11-14,16,20H2,1-3H3,(H,31,35). The Balaban J connectivity index is 1.51. The molecule has 1 aliphatic carbocycles. The molecule has 7 nitrogen and oxygen atoms in total. The van der Waals surface area contributed by atoms with Crippen molar-refractivity contribution in [3.63, 3.8) is 0 Å². The third kappa shape index (κ3) is 6.65. The molecule has 3 aromatic rings. The van der Waals surface area contributed by atoms with Gasteiger partial charge in [0.1, 0.15) is 12.2 Å². The normalized spacial score (nSPS) is 17.3. The Hall–Kier alpha value is -3.13. The molecule has 0 unspecified atom stereocenters. The minimum atomic E-state index is -0.173. The van der Waals surface area contributed by atoms with Gasteiger partial charge in [0.15, 0.2) is 0 Å². The van der Waals surface area contributed by atoms with Crippen molar-refractivity contribution in [2.45, 2.75) is 77.8 Å². The monoisotopic (exact) mass is 537 g/mol. The minimum absolute atomic E-state index is 0.00264. The number of hydrogen-bond acceptors (Lipinski definition) is 5. The first-order valence-electron chi connectivity index (χ1n) is 13.7. The predicted molar refractivity (Wildman–Crippen MR) is 153 cm³/mol. The first-order valence-corrected chi connectivity index (χ1v) is 14.6. The highest BCUT2D eigenvalue weighted by Gasteiger charge is 2.29. The summed E-state index contributed by atoms with van der Waals surface area (Å²) in [4.78, 5) is 40.9. The van der Waals surface area contributed by atoms with Gasteiger partial charge in [0.2, 0.25) is 5.91 Å². The number of carbonyl (C=O) groups is 3. The molecule has 2 amide bonds. The van der Waals surface area contributed by atoms with Crippen LogP contribution in [0.4, 0.5) is 5.69 Å². The molecule has 2 aromatic heterocycles. The van der Waals surface area contributed by atoms with Crippen LogP contribution in [0.2, 0.25) is 0 Å². The maximum atomic E-state index is 13.8. The highest BCUT2D eigenvalue weighted by Crippen LogP contribution is 2.28. The molecule has 1 aromatic carbocycles. The van der Waals surface area contributed by atoms with Gasteiger partial charge < -0.3 is 19.5 Å². The molecule has 204 valence electrons. The molecule has 0 spiro atoms. The van der Waals surface area contributed by atoms with E-state index in [2.05, 4.69) is 12.2 Å². The molecule has 0 aliphatic heterocycles. The highest BCUT2D eigenvalue weighted by atomic mass is 32.1. The summed E-state index contributed by atoms with van der Waals surface area (Å²) in [5.74, 6) is -0.462. The number of ether oxygens (including phenoxy) is 1. The number of nitrogens with one attached hydrogen (secondary N) is 1. The van der Waals surface area contributed by atoms with Gasteiger partial charge in [-0.15, -0.1) is 11.3 Å². The maximum Gasteiger partial charge on any atom is 0.308 e. The average molecular weight is 538 g/mol. The molecule has 1 aliphatic rings. The zero-order valence-corrected chi connectivity index (χ0v) is 23.5. The lowest BCUT2D eigenvalue weighted by Gasteiger charge is -2.28. The number of hydrogen-bond donors (Lipinski definition) is 1. The molecule has 0 saturated heterocycles. The summed E-state index contributed by atoms with van der Waals surface area (Å²) in [6, 6.07) is 11.9. The van der Waals surface area contributed by atoms with Crippen LogP contribution in [-0.4, -0.2) is 42.0 Å². The predicted octanol–water partition coefficient (Wildman–Crippen LogP) is 6.09. The van der Waals surface area contributed by atoms with E-state index in [-0.39, 0.29) is 36.3 Å². The smallest absolute Gasteiger partial charge is 0.308 e. The maximum absolute atomic E-state index is 13.8. The van der Waals surface area contributed by atoms with E-state index in [1.807, 2.05) is 58.2 Å². The van der Waals surface area contributed by atoms with Crippen LogP contribution in [-0.2, 0) is 20.9 Å². The van der Waals surface area contributed by atoms with Gasteiger partial charge in [-0.05, 0) is 74.2 Å². The van der Waals surface area contributed by atoms with Gasteiger partial charge in [0.05, 0.1) is 23.2 Å². The van der Waals surface area contributed by atoms with Gasteiger partial charge in [-0.3, -0.25) is 14.4 Å². The van der Waals surface area contributed by atoms with E-state index in [0.29, 0.717) is 25.1 Å². The quantitative estimate of drug-likeness (QED) is 0.237. The third-order valence-corrected chi connectivity index (χ3v) is 8.35. The number of aryl methyl sites for hydroxylation is 1. The average Bonchev–Trinajstić information content (AvgIpc) is 3.51. The van der Waals surface area contributed by atoms with E-state index in [4.69, 9.17) is 4.74 Å². The van der Waals surface area contributed by atoms with Crippen molar-refractivity contribution >= 4 is 45.0 Å². The summed E-state index contributed by atoms with van der Waals surface area (Å²) in [6.07, 6.45) is 7.18. The zero-order chi connectivity index (χ0) is 27.1. The fourth-order valence-corrected chi connectivity index (χ4v) is 6.17. The van der Waals surface area contributed by atoms with Crippen molar-refractivity contribution in [1.29, 1.82) is 0 Å². The second-order valence-electron chi connectivity index (χ2n) is 10.3. The number of aromatic nitrogens is 1. The van der Waals surface area contributed by atoms with Gasteiger partial charge in [0.25, 0.3) is 5.91 Å². The second kappa shape index (κ2) is 13.1. The molecule has 0 radical (unpaired) electrons. The molecule has 0 atom stereocenters. The van der Waals surface area contributed by atoms with Crippen LogP contribution in [0.1, 0.15) is 74.3 Å². The van der Waals surface area contributed by atoms with E-state index >= 15 is 0 Å². The summed E-state index contributed by atoms with van der Waals surface area (Å²) in [6.45, 7) is 4.96. The first-order chi connectivity index (χ1) is 18.4. The van der Waals surface area contributed by atoms with Crippen molar-refractivity contribution in [2.24, 2.45) is 5.92 Å². The van der Waals surface area contributed by atoms with Crippen LogP contribution >= 0.6 is 11.3 Å². The Morgan fingerprint density at radius 2 is 1.87 bits per heavy atom. The van der Waals surface area contributed by atoms with Crippen molar-refractivity contribution in [3.05, 3.63) is 53.0 Å². The number of amides is 2. The Bertz CT molecular complexity index is 1260. The summed E-state index contributed by atoms with van der Waals surface area (Å²) in [7, 11) is 1.42. The fourth-order valence-electron chi connectivity index (χ4n) is 5.35. The molecule has 4 rings (SSSR count). The molecule has 0 bridgehead atoms. The summed E-state index contributed by atoms with van der Waals surface area (Å²) in [5, 5.41) is 5.15. The van der Waals surface area contributed by atoms with Crippen LogP contribution in [0.25, 0.3) is 10.2 Å². The Kier molecular flexibility index (Phi) is 9.61. The van der Waals surface area contributed by atoms with Gasteiger partial charge in [-0.2, -0.15) is 0 Å². The van der Waals surface area contributed by atoms with Crippen molar-refractivity contribution in [3.8, 4) is 0 Å². The van der Waals surface area contributed by atoms with Crippen LogP contribution in [0.15, 0.2) is 41.8 Å². The highest BCUT2D eigenvalue weighted by molar-refractivity contribution is 7.17. The summed E-state index contributed by atoms with van der Waals surface area (Å²) >= 11 is 1.57. The lowest BCUT2D eigenvalue weighted by molar-refractivity contribution is -0.146. The van der Waals surface area contributed by atoms with Gasteiger partial charge in [-0.25, -0.2) is 0 Å². The molecule has 2 heterocycles. The number of methoxy groups -OCH3 is 1. The van der Waals surface area contributed by atoms with Crippen LogP contribution in [0.3, 0.4) is 0 Å².